The number of sulfone groups is 1. The van der Waals surface area contributed by atoms with Gasteiger partial charge >= 0.3 is 5.22 Å². The van der Waals surface area contributed by atoms with Crippen molar-refractivity contribution in [2.24, 2.45) is 0 Å². The number of halogens is 1. The molecule has 134 valence electrons. The van der Waals surface area contributed by atoms with Crippen molar-refractivity contribution in [3.05, 3.63) is 29.3 Å². The van der Waals surface area contributed by atoms with Crippen molar-refractivity contribution in [1.82, 2.24) is 15.1 Å². The van der Waals surface area contributed by atoms with E-state index in [9.17, 15) is 13.2 Å². The molecule has 0 bridgehead atoms. The van der Waals surface area contributed by atoms with E-state index in [0.717, 1.165) is 25.7 Å². The molecule has 2 heterocycles. The molecule has 1 aromatic heterocycles. The van der Waals surface area contributed by atoms with Gasteiger partial charge in [-0.15, -0.1) is 5.10 Å². The van der Waals surface area contributed by atoms with Crippen LogP contribution in [-0.2, 0) is 14.6 Å². The maximum atomic E-state index is 12.4. The Morgan fingerprint density at radius 1 is 1.16 bits per heavy atom. The minimum atomic E-state index is -3.98. The number of carbonyl (C=O) groups excluding carboxylic acids is 1. The smallest absolute Gasteiger partial charge is 0.336 e. The number of aromatic nitrogens is 2. The van der Waals surface area contributed by atoms with Gasteiger partial charge in [-0.3, -0.25) is 4.79 Å². The second-order valence-corrected chi connectivity index (χ2v) is 8.24. The molecule has 0 aliphatic carbocycles. The molecule has 3 rings (SSSR count). The Bertz CT molecular complexity index is 858. The third-order valence-electron chi connectivity index (χ3n) is 4.02. The molecule has 1 aromatic carbocycles. The van der Waals surface area contributed by atoms with Crippen molar-refractivity contribution >= 4 is 27.3 Å². The van der Waals surface area contributed by atoms with Crippen LogP contribution in [-0.4, -0.2) is 48.3 Å². The largest absolute Gasteiger partial charge is 0.408 e. The summed E-state index contributed by atoms with van der Waals surface area (Å²) in [6.45, 7) is 1.18. The minimum Gasteiger partial charge on any atom is -0.408 e. The summed E-state index contributed by atoms with van der Waals surface area (Å²) in [6, 6.07) is 6.64. The van der Waals surface area contributed by atoms with Crippen LogP contribution in [0.3, 0.4) is 0 Å². The number of benzene rings is 1. The maximum Gasteiger partial charge on any atom is 0.336 e. The van der Waals surface area contributed by atoms with Crippen molar-refractivity contribution in [1.29, 1.82) is 0 Å². The van der Waals surface area contributed by atoms with Gasteiger partial charge in [-0.25, -0.2) is 8.42 Å². The predicted molar refractivity (Wildman–Crippen MR) is 91.8 cm³/mol. The van der Waals surface area contributed by atoms with E-state index < -0.39 is 26.7 Å². The number of hydrogen-bond acceptors (Lipinski definition) is 6. The lowest BCUT2D eigenvalue weighted by Crippen LogP contribution is -2.36. The summed E-state index contributed by atoms with van der Waals surface area (Å²) in [5.74, 6) is -1.04. The lowest BCUT2D eigenvalue weighted by molar-refractivity contribution is -0.128. The van der Waals surface area contributed by atoms with Crippen LogP contribution >= 0.6 is 11.6 Å². The molecule has 0 saturated carbocycles. The zero-order valence-electron chi connectivity index (χ0n) is 13.5. The molecule has 0 radical (unpaired) electrons. The molecule has 1 fully saturated rings. The number of nitrogens with zero attached hydrogens (tertiary/aromatic N) is 3. The number of rotatable bonds is 4. The quantitative estimate of drug-likeness (QED) is 0.805. The molecule has 1 aliphatic heterocycles. The van der Waals surface area contributed by atoms with E-state index in [1.165, 1.54) is 0 Å². The fourth-order valence-corrected chi connectivity index (χ4v) is 3.90. The summed E-state index contributed by atoms with van der Waals surface area (Å²) in [5, 5.41) is 7.26. The lowest BCUT2D eigenvalue weighted by atomic mass is 10.2. The highest BCUT2D eigenvalue weighted by atomic mass is 35.5. The average molecular weight is 384 g/mol. The van der Waals surface area contributed by atoms with E-state index in [4.69, 9.17) is 16.0 Å². The first-order valence-electron chi connectivity index (χ1n) is 8.06. The molecule has 9 heteroatoms. The number of likely N-dealkylation sites (tertiary alicyclic amines) is 1. The van der Waals surface area contributed by atoms with Crippen LogP contribution in [0.15, 0.2) is 33.9 Å². The van der Waals surface area contributed by atoms with Gasteiger partial charge in [-0.2, -0.15) is 0 Å². The van der Waals surface area contributed by atoms with E-state index in [1.54, 1.807) is 29.2 Å². The summed E-state index contributed by atoms with van der Waals surface area (Å²) < 4.78 is 30.1. The topological polar surface area (TPSA) is 93.4 Å². The molecule has 0 unspecified atom stereocenters. The molecule has 0 atom stereocenters. The van der Waals surface area contributed by atoms with Gasteiger partial charge in [-0.1, -0.05) is 35.6 Å². The Hall–Kier alpha value is -1.93. The molecule has 0 spiro atoms. The van der Waals surface area contributed by atoms with Crippen molar-refractivity contribution in [2.75, 3.05) is 18.8 Å². The van der Waals surface area contributed by atoms with Crippen LogP contribution in [0.1, 0.15) is 25.7 Å². The van der Waals surface area contributed by atoms with E-state index in [0.29, 0.717) is 23.7 Å². The fraction of sp³-hybridized carbons (Fsp3) is 0.438. The predicted octanol–water partition coefficient (Wildman–Crippen LogP) is 2.57. The molecule has 2 aromatic rings. The fourth-order valence-electron chi connectivity index (χ4n) is 2.71. The summed E-state index contributed by atoms with van der Waals surface area (Å²) in [6.07, 6.45) is 3.91. The molecule has 7 nitrogen and oxygen atoms in total. The van der Waals surface area contributed by atoms with Gasteiger partial charge in [0, 0.05) is 23.7 Å². The molecule has 1 saturated heterocycles. The first kappa shape index (κ1) is 17.9. The van der Waals surface area contributed by atoms with Gasteiger partial charge in [-0.05, 0) is 31.0 Å². The normalized spacial score (nSPS) is 15.8. The van der Waals surface area contributed by atoms with Gasteiger partial charge < -0.3 is 9.32 Å². The number of carbonyl (C=O) groups is 1. The Balaban J connectivity index is 1.75. The van der Waals surface area contributed by atoms with Crippen LogP contribution in [0, 0.1) is 0 Å². The molecular formula is C16H18ClN3O4S. The van der Waals surface area contributed by atoms with E-state index >= 15 is 0 Å². The summed E-state index contributed by atoms with van der Waals surface area (Å²) in [7, 11) is -3.98. The van der Waals surface area contributed by atoms with Crippen molar-refractivity contribution in [3.63, 3.8) is 0 Å². The van der Waals surface area contributed by atoms with Crippen molar-refractivity contribution in [3.8, 4) is 11.5 Å². The standard InChI is InChI=1S/C16H18ClN3O4S/c17-13-7-5-6-12(10-13)15-18-19-16(24-15)25(22,23)11-14(21)20-8-3-1-2-4-9-20/h5-7,10H,1-4,8-9,11H2. The third kappa shape index (κ3) is 4.38. The first-order valence-corrected chi connectivity index (χ1v) is 10.1. The highest BCUT2D eigenvalue weighted by molar-refractivity contribution is 7.91. The monoisotopic (exact) mass is 383 g/mol. The Labute approximate surface area is 150 Å². The molecule has 1 aliphatic rings. The van der Waals surface area contributed by atoms with Gasteiger partial charge in [0.2, 0.25) is 21.6 Å². The number of hydrogen-bond donors (Lipinski definition) is 0. The second kappa shape index (κ2) is 7.53. The van der Waals surface area contributed by atoms with Crippen LogP contribution in [0.5, 0.6) is 0 Å². The Morgan fingerprint density at radius 3 is 2.56 bits per heavy atom. The number of amides is 1. The van der Waals surface area contributed by atoms with Crippen molar-refractivity contribution < 1.29 is 17.6 Å². The van der Waals surface area contributed by atoms with Gasteiger partial charge in [0.25, 0.3) is 0 Å². The Morgan fingerprint density at radius 2 is 1.88 bits per heavy atom. The molecule has 25 heavy (non-hydrogen) atoms. The summed E-state index contributed by atoms with van der Waals surface area (Å²) in [5.41, 5.74) is 0.514. The highest BCUT2D eigenvalue weighted by Crippen LogP contribution is 2.23. The van der Waals surface area contributed by atoms with E-state index in [1.807, 2.05) is 0 Å². The van der Waals surface area contributed by atoms with Crippen LogP contribution in [0.25, 0.3) is 11.5 Å². The average Bonchev–Trinajstić information content (AvgIpc) is 2.92. The van der Waals surface area contributed by atoms with Crippen LogP contribution in [0.2, 0.25) is 5.02 Å². The van der Waals surface area contributed by atoms with Gasteiger partial charge in [0.15, 0.2) is 0 Å². The lowest BCUT2D eigenvalue weighted by Gasteiger charge is -2.19. The van der Waals surface area contributed by atoms with E-state index in [2.05, 4.69) is 10.2 Å². The Kier molecular flexibility index (Phi) is 5.39. The van der Waals surface area contributed by atoms with Crippen LogP contribution < -0.4 is 0 Å². The second-order valence-electron chi connectivity index (χ2n) is 5.94. The highest BCUT2D eigenvalue weighted by Gasteiger charge is 2.29. The molecular weight excluding hydrogens is 366 g/mol. The molecule has 0 N–H and O–H groups in total. The zero-order chi connectivity index (χ0) is 17.9. The summed E-state index contributed by atoms with van der Waals surface area (Å²) in [4.78, 5) is 13.9. The maximum absolute atomic E-state index is 12.4. The van der Waals surface area contributed by atoms with Gasteiger partial charge in [0.05, 0.1) is 0 Å². The SMILES string of the molecule is O=C(CS(=O)(=O)c1nnc(-c2cccc(Cl)c2)o1)N1CCCCCC1. The first-order chi connectivity index (χ1) is 12.0. The minimum absolute atomic E-state index is 0.0447. The van der Waals surface area contributed by atoms with Crippen molar-refractivity contribution in [2.45, 2.75) is 30.9 Å². The van der Waals surface area contributed by atoms with E-state index in [-0.39, 0.29) is 5.89 Å². The van der Waals surface area contributed by atoms with Crippen LogP contribution in [0.4, 0.5) is 0 Å². The molecule has 1 amide bonds. The van der Waals surface area contributed by atoms with Gasteiger partial charge in [0.1, 0.15) is 5.75 Å². The zero-order valence-corrected chi connectivity index (χ0v) is 15.1. The third-order valence-corrected chi connectivity index (χ3v) is 5.58. The summed E-state index contributed by atoms with van der Waals surface area (Å²) >= 11 is 5.90.